The third-order valence-corrected chi connectivity index (χ3v) is 3.16. The van der Waals surface area contributed by atoms with Crippen molar-refractivity contribution in [3.8, 4) is 0 Å². The highest BCUT2D eigenvalue weighted by Crippen LogP contribution is 2.38. The number of carboxylic acid groups (broad SMARTS) is 1. The van der Waals surface area contributed by atoms with Gasteiger partial charge in [-0.2, -0.15) is 13.2 Å². The molecule has 0 aliphatic carbocycles. The fourth-order valence-corrected chi connectivity index (χ4v) is 2.09. The van der Waals surface area contributed by atoms with E-state index in [2.05, 4.69) is 0 Å². The van der Waals surface area contributed by atoms with Crippen LogP contribution < -0.4 is 0 Å². The standard InChI is InChI=1S/C12H12F3NO3S/c1-16(7-6-10(17)18)11(19)8-4-2-3-5-9(8)20-12(13,14)15/h2-5H,6-7H2,1H3,(H,17,18). The molecule has 8 heteroatoms. The zero-order valence-electron chi connectivity index (χ0n) is 10.5. The summed E-state index contributed by atoms with van der Waals surface area (Å²) in [7, 11) is 1.35. The molecule has 1 aromatic carbocycles. The molecule has 110 valence electrons. The fourth-order valence-electron chi connectivity index (χ4n) is 1.43. The molecule has 0 spiro atoms. The molecule has 0 bridgehead atoms. The minimum Gasteiger partial charge on any atom is -0.481 e. The second kappa shape index (κ2) is 6.65. The molecule has 1 aromatic rings. The van der Waals surface area contributed by atoms with E-state index in [1.165, 1.54) is 31.3 Å². The number of amides is 1. The minimum atomic E-state index is -4.49. The molecule has 0 aromatic heterocycles. The van der Waals surface area contributed by atoms with Gasteiger partial charge in [0, 0.05) is 18.5 Å². The van der Waals surface area contributed by atoms with E-state index in [4.69, 9.17) is 5.11 Å². The van der Waals surface area contributed by atoms with Crippen LogP contribution in [0, 0.1) is 0 Å². The summed E-state index contributed by atoms with van der Waals surface area (Å²) in [6.45, 7) is -0.0703. The van der Waals surface area contributed by atoms with Crippen molar-refractivity contribution < 1.29 is 27.9 Å². The predicted octanol–water partition coefficient (Wildman–Crippen LogP) is 2.85. The third kappa shape index (κ3) is 5.12. The second-order valence-corrected chi connectivity index (χ2v) is 5.02. The molecule has 4 nitrogen and oxygen atoms in total. The Bertz CT molecular complexity index is 505. The molecule has 0 unspecified atom stereocenters. The summed E-state index contributed by atoms with van der Waals surface area (Å²) in [4.78, 5) is 23.3. The molecule has 0 aliphatic rings. The van der Waals surface area contributed by atoms with Crippen molar-refractivity contribution >= 4 is 23.6 Å². The lowest BCUT2D eigenvalue weighted by molar-refractivity contribution is -0.137. The Labute approximate surface area is 117 Å². The van der Waals surface area contributed by atoms with Gasteiger partial charge in [0.05, 0.1) is 12.0 Å². The highest BCUT2D eigenvalue weighted by molar-refractivity contribution is 8.00. The van der Waals surface area contributed by atoms with Crippen LogP contribution in [0.3, 0.4) is 0 Å². The van der Waals surface area contributed by atoms with Gasteiger partial charge in [-0.25, -0.2) is 0 Å². The van der Waals surface area contributed by atoms with Gasteiger partial charge in [0.15, 0.2) is 0 Å². The number of carboxylic acids is 1. The van der Waals surface area contributed by atoms with E-state index in [-0.39, 0.29) is 35.2 Å². The normalized spacial score (nSPS) is 11.2. The van der Waals surface area contributed by atoms with Crippen LogP contribution in [-0.2, 0) is 4.79 Å². The summed E-state index contributed by atoms with van der Waals surface area (Å²) in [5.74, 6) is -1.72. The fraction of sp³-hybridized carbons (Fsp3) is 0.333. The van der Waals surface area contributed by atoms with Crippen molar-refractivity contribution in [2.45, 2.75) is 16.8 Å². The first-order chi connectivity index (χ1) is 9.20. The van der Waals surface area contributed by atoms with Crippen molar-refractivity contribution in [3.63, 3.8) is 0 Å². The Balaban J connectivity index is 2.89. The molecule has 0 radical (unpaired) electrons. The number of thioether (sulfide) groups is 1. The summed E-state index contributed by atoms with van der Waals surface area (Å²) in [6, 6.07) is 5.35. The molecule has 0 heterocycles. The Kier molecular flexibility index (Phi) is 5.43. The van der Waals surface area contributed by atoms with Crippen LogP contribution in [0.25, 0.3) is 0 Å². The third-order valence-electron chi connectivity index (χ3n) is 2.35. The van der Waals surface area contributed by atoms with Gasteiger partial charge >= 0.3 is 11.5 Å². The number of halogens is 3. The summed E-state index contributed by atoms with van der Waals surface area (Å²) >= 11 is -0.366. The van der Waals surface area contributed by atoms with Crippen LogP contribution >= 0.6 is 11.8 Å². The van der Waals surface area contributed by atoms with Crippen molar-refractivity contribution in [2.24, 2.45) is 0 Å². The number of aliphatic carboxylic acids is 1. The van der Waals surface area contributed by atoms with E-state index in [1.54, 1.807) is 0 Å². The molecule has 1 rings (SSSR count). The van der Waals surface area contributed by atoms with Gasteiger partial charge in [-0.05, 0) is 23.9 Å². The number of benzene rings is 1. The van der Waals surface area contributed by atoms with E-state index >= 15 is 0 Å². The van der Waals surface area contributed by atoms with Crippen molar-refractivity contribution in [1.82, 2.24) is 4.90 Å². The van der Waals surface area contributed by atoms with E-state index < -0.39 is 17.4 Å². The number of rotatable bonds is 5. The molecule has 20 heavy (non-hydrogen) atoms. The summed E-state index contributed by atoms with van der Waals surface area (Å²) in [5, 5.41) is 8.53. The Morgan fingerprint density at radius 3 is 2.45 bits per heavy atom. The maximum Gasteiger partial charge on any atom is 0.446 e. The average molecular weight is 307 g/mol. The van der Waals surface area contributed by atoms with Crippen molar-refractivity contribution in [3.05, 3.63) is 29.8 Å². The van der Waals surface area contributed by atoms with E-state index in [9.17, 15) is 22.8 Å². The summed E-state index contributed by atoms with van der Waals surface area (Å²) in [5.41, 5.74) is -4.58. The maximum atomic E-state index is 12.4. The number of hydrogen-bond donors (Lipinski definition) is 1. The highest BCUT2D eigenvalue weighted by atomic mass is 32.2. The van der Waals surface area contributed by atoms with Gasteiger partial charge in [-0.15, -0.1) is 0 Å². The van der Waals surface area contributed by atoms with Gasteiger partial charge in [0.25, 0.3) is 5.91 Å². The van der Waals surface area contributed by atoms with Crippen LogP contribution in [0.1, 0.15) is 16.8 Å². The lowest BCUT2D eigenvalue weighted by atomic mass is 10.2. The summed E-state index contributed by atoms with van der Waals surface area (Å²) < 4.78 is 37.2. The molecule has 0 saturated carbocycles. The molecule has 0 atom stereocenters. The lowest BCUT2D eigenvalue weighted by Gasteiger charge is -2.18. The highest BCUT2D eigenvalue weighted by Gasteiger charge is 2.31. The smallest absolute Gasteiger partial charge is 0.446 e. The molecule has 0 aliphatic heterocycles. The summed E-state index contributed by atoms with van der Waals surface area (Å²) in [6.07, 6.45) is -0.267. The molecular formula is C12H12F3NO3S. The molecule has 1 N–H and O–H groups in total. The van der Waals surface area contributed by atoms with Gasteiger partial charge in [0.2, 0.25) is 0 Å². The predicted molar refractivity (Wildman–Crippen MR) is 67.6 cm³/mol. The van der Waals surface area contributed by atoms with Gasteiger partial charge < -0.3 is 10.0 Å². The van der Waals surface area contributed by atoms with Crippen LogP contribution in [0.4, 0.5) is 13.2 Å². The minimum absolute atomic E-state index is 0.0703. The van der Waals surface area contributed by atoms with Gasteiger partial charge in [-0.1, -0.05) is 12.1 Å². The van der Waals surface area contributed by atoms with Crippen LogP contribution in [-0.4, -0.2) is 41.0 Å². The SMILES string of the molecule is CN(CCC(=O)O)C(=O)c1ccccc1SC(F)(F)F. The first-order valence-electron chi connectivity index (χ1n) is 5.53. The molecular weight excluding hydrogens is 295 g/mol. The Hall–Kier alpha value is -1.70. The monoisotopic (exact) mass is 307 g/mol. The number of carbonyl (C=O) groups is 2. The first-order valence-corrected chi connectivity index (χ1v) is 6.34. The lowest BCUT2D eigenvalue weighted by Crippen LogP contribution is -2.29. The van der Waals surface area contributed by atoms with Crippen molar-refractivity contribution in [1.29, 1.82) is 0 Å². The average Bonchev–Trinajstić information content (AvgIpc) is 2.33. The first kappa shape index (κ1) is 16.4. The van der Waals surface area contributed by atoms with E-state index in [0.717, 1.165) is 4.90 Å². The second-order valence-electron chi connectivity index (χ2n) is 3.91. The number of carbonyl (C=O) groups excluding carboxylic acids is 1. The van der Waals surface area contributed by atoms with Crippen LogP contribution in [0.2, 0.25) is 0 Å². The number of hydrogen-bond acceptors (Lipinski definition) is 3. The molecule has 0 saturated heterocycles. The largest absolute Gasteiger partial charge is 0.481 e. The topological polar surface area (TPSA) is 57.6 Å². The van der Waals surface area contributed by atoms with E-state index in [1.807, 2.05) is 0 Å². The maximum absolute atomic E-state index is 12.4. The van der Waals surface area contributed by atoms with Gasteiger partial charge in [0.1, 0.15) is 0 Å². The van der Waals surface area contributed by atoms with Gasteiger partial charge in [-0.3, -0.25) is 9.59 Å². The van der Waals surface area contributed by atoms with Crippen molar-refractivity contribution in [2.75, 3.05) is 13.6 Å². The zero-order valence-corrected chi connectivity index (χ0v) is 11.3. The van der Waals surface area contributed by atoms with Crippen LogP contribution in [0.5, 0.6) is 0 Å². The quantitative estimate of drug-likeness (QED) is 0.850. The number of nitrogens with zero attached hydrogens (tertiary/aromatic N) is 1. The zero-order chi connectivity index (χ0) is 15.3. The molecule has 1 amide bonds. The number of alkyl halides is 3. The Morgan fingerprint density at radius 1 is 1.30 bits per heavy atom. The van der Waals surface area contributed by atoms with E-state index in [0.29, 0.717) is 0 Å². The van der Waals surface area contributed by atoms with Crippen LogP contribution in [0.15, 0.2) is 29.2 Å². The molecule has 0 fully saturated rings. The Morgan fingerprint density at radius 2 is 1.90 bits per heavy atom.